The number of benzene rings is 1. The fourth-order valence-electron chi connectivity index (χ4n) is 1.74. The Hall–Kier alpha value is -2.20. The van der Waals surface area contributed by atoms with Crippen molar-refractivity contribution in [2.24, 2.45) is 5.73 Å². The number of aromatic nitrogens is 1. The quantitative estimate of drug-likeness (QED) is 0.848. The fraction of sp³-hybridized carbons (Fsp3) is 0.200. The first-order valence-electron chi connectivity index (χ1n) is 6.21. The number of carbonyl (C=O) groups is 1. The first kappa shape index (κ1) is 13.2. The zero-order chi connectivity index (χ0) is 13.5. The highest BCUT2D eigenvalue weighted by Crippen LogP contribution is 2.04. The molecular formula is C15H17N3O. The van der Waals surface area contributed by atoms with Gasteiger partial charge in [-0.1, -0.05) is 24.3 Å². The molecule has 0 aliphatic rings. The van der Waals surface area contributed by atoms with Crippen LogP contribution in [0.3, 0.4) is 0 Å². The monoisotopic (exact) mass is 255 g/mol. The second-order valence-corrected chi connectivity index (χ2v) is 4.33. The van der Waals surface area contributed by atoms with Crippen molar-refractivity contribution in [2.75, 3.05) is 0 Å². The minimum Gasteiger partial charge on any atom is -0.352 e. The summed E-state index contributed by atoms with van der Waals surface area (Å²) in [6.07, 6.45) is 3.76. The van der Waals surface area contributed by atoms with Gasteiger partial charge in [0.15, 0.2) is 0 Å². The van der Waals surface area contributed by atoms with E-state index in [2.05, 4.69) is 10.3 Å². The van der Waals surface area contributed by atoms with Crippen molar-refractivity contribution in [2.45, 2.75) is 19.5 Å². The average Bonchev–Trinajstić information content (AvgIpc) is 2.47. The third-order valence-electron chi connectivity index (χ3n) is 2.86. The van der Waals surface area contributed by atoms with Gasteiger partial charge < -0.3 is 11.1 Å². The second kappa shape index (κ2) is 6.66. The van der Waals surface area contributed by atoms with E-state index in [1.807, 2.05) is 36.4 Å². The molecule has 0 radical (unpaired) electrons. The first-order valence-corrected chi connectivity index (χ1v) is 6.21. The van der Waals surface area contributed by atoms with Crippen LogP contribution in [0.2, 0.25) is 0 Å². The summed E-state index contributed by atoms with van der Waals surface area (Å²) in [7, 11) is 0. The third kappa shape index (κ3) is 4.19. The number of carbonyl (C=O) groups excluding carboxylic acids is 1. The number of pyridine rings is 1. The van der Waals surface area contributed by atoms with Crippen LogP contribution in [0.1, 0.15) is 16.7 Å². The van der Waals surface area contributed by atoms with Gasteiger partial charge in [0, 0.05) is 25.5 Å². The molecule has 0 unspecified atom stereocenters. The molecule has 4 heteroatoms. The van der Waals surface area contributed by atoms with E-state index in [9.17, 15) is 4.79 Å². The molecule has 3 N–H and O–H groups in total. The van der Waals surface area contributed by atoms with Crippen LogP contribution in [0, 0.1) is 0 Å². The van der Waals surface area contributed by atoms with E-state index in [0.717, 1.165) is 16.7 Å². The smallest absolute Gasteiger partial charge is 0.224 e. The number of nitrogens with one attached hydrogen (secondary N) is 1. The molecule has 19 heavy (non-hydrogen) atoms. The average molecular weight is 255 g/mol. The van der Waals surface area contributed by atoms with Crippen molar-refractivity contribution >= 4 is 5.91 Å². The van der Waals surface area contributed by atoms with E-state index >= 15 is 0 Å². The molecule has 1 amide bonds. The lowest BCUT2D eigenvalue weighted by molar-refractivity contribution is -0.120. The lowest BCUT2D eigenvalue weighted by Gasteiger charge is -2.06. The van der Waals surface area contributed by atoms with Crippen molar-refractivity contribution in [1.29, 1.82) is 0 Å². The Kier molecular flexibility index (Phi) is 4.64. The van der Waals surface area contributed by atoms with Crippen LogP contribution in [-0.2, 0) is 24.3 Å². The highest BCUT2D eigenvalue weighted by atomic mass is 16.1. The van der Waals surface area contributed by atoms with Crippen molar-refractivity contribution in [3.8, 4) is 0 Å². The largest absolute Gasteiger partial charge is 0.352 e. The molecule has 0 spiro atoms. The van der Waals surface area contributed by atoms with Crippen LogP contribution in [0.5, 0.6) is 0 Å². The Labute approximate surface area is 112 Å². The van der Waals surface area contributed by atoms with Gasteiger partial charge in [-0.25, -0.2) is 0 Å². The summed E-state index contributed by atoms with van der Waals surface area (Å²) in [6, 6.07) is 11.6. The van der Waals surface area contributed by atoms with Gasteiger partial charge >= 0.3 is 0 Å². The summed E-state index contributed by atoms with van der Waals surface area (Å²) in [5.74, 6) is 0.00843. The summed E-state index contributed by atoms with van der Waals surface area (Å²) in [4.78, 5) is 15.7. The van der Waals surface area contributed by atoms with Crippen molar-refractivity contribution < 1.29 is 4.79 Å². The molecule has 0 saturated carbocycles. The Morgan fingerprint density at radius 3 is 2.26 bits per heavy atom. The maximum atomic E-state index is 11.8. The van der Waals surface area contributed by atoms with E-state index in [-0.39, 0.29) is 5.91 Å². The molecule has 1 aromatic carbocycles. The Morgan fingerprint density at radius 1 is 1.00 bits per heavy atom. The van der Waals surface area contributed by atoms with Crippen LogP contribution in [0.15, 0.2) is 48.8 Å². The Balaban J connectivity index is 1.83. The molecule has 2 rings (SSSR count). The Morgan fingerprint density at radius 2 is 1.63 bits per heavy atom. The van der Waals surface area contributed by atoms with E-state index in [4.69, 9.17) is 5.73 Å². The molecule has 4 nitrogen and oxygen atoms in total. The van der Waals surface area contributed by atoms with Gasteiger partial charge in [-0.3, -0.25) is 9.78 Å². The van der Waals surface area contributed by atoms with Gasteiger partial charge in [0.1, 0.15) is 0 Å². The van der Waals surface area contributed by atoms with Crippen LogP contribution >= 0.6 is 0 Å². The zero-order valence-corrected chi connectivity index (χ0v) is 10.7. The zero-order valence-electron chi connectivity index (χ0n) is 10.7. The number of nitrogens with zero attached hydrogens (tertiary/aromatic N) is 1. The van der Waals surface area contributed by atoms with Crippen molar-refractivity contribution in [3.05, 3.63) is 65.5 Å². The van der Waals surface area contributed by atoms with Gasteiger partial charge in [0.05, 0.1) is 6.42 Å². The van der Waals surface area contributed by atoms with E-state index in [0.29, 0.717) is 19.5 Å². The molecule has 2 aromatic rings. The summed E-state index contributed by atoms with van der Waals surface area (Å²) >= 11 is 0. The summed E-state index contributed by atoms with van der Waals surface area (Å²) in [6.45, 7) is 1.07. The minimum absolute atomic E-state index is 0.00843. The van der Waals surface area contributed by atoms with Crippen molar-refractivity contribution in [1.82, 2.24) is 10.3 Å². The molecule has 1 heterocycles. The minimum atomic E-state index is 0.00843. The van der Waals surface area contributed by atoms with E-state index in [1.54, 1.807) is 12.4 Å². The predicted molar refractivity (Wildman–Crippen MR) is 74.1 cm³/mol. The van der Waals surface area contributed by atoms with E-state index in [1.165, 1.54) is 0 Å². The van der Waals surface area contributed by atoms with E-state index < -0.39 is 0 Å². The number of hydrogen-bond donors (Lipinski definition) is 2. The van der Waals surface area contributed by atoms with Gasteiger partial charge in [-0.2, -0.15) is 0 Å². The van der Waals surface area contributed by atoms with Gasteiger partial charge in [-0.15, -0.1) is 0 Å². The standard InChI is InChI=1S/C15H17N3O/c16-10-13-1-3-14(4-2-13)11-18-15(19)9-12-5-7-17-8-6-12/h1-8H,9-11,16H2,(H,18,19). The van der Waals surface area contributed by atoms with Crippen molar-refractivity contribution in [3.63, 3.8) is 0 Å². The van der Waals surface area contributed by atoms with Gasteiger partial charge in [-0.05, 0) is 28.8 Å². The summed E-state index contributed by atoms with van der Waals surface area (Å²) in [5.41, 5.74) is 8.66. The molecule has 0 saturated heterocycles. The maximum Gasteiger partial charge on any atom is 0.224 e. The van der Waals surface area contributed by atoms with Crippen LogP contribution in [0.25, 0.3) is 0 Å². The van der Waals surface area contributed by atoms with Gasteiger partial charge in [0.25, 0.3) is 0 Å². The topological polar surface area (TPSA) is 68.0 Å². The van der Waals surface area contributed by atoms with Gasteiger partial charge in [0.2, 0.25) is 5.91 Å². The molecule has 0 aliphatic heterocycles. The second-order valence-electron chi connectivity index (χ2n) is 4.33. The fourth-order valence-corrected chi connectivity index (χ4v) is 1.74. The SMILES string of the molecule is NCc1ccc(CNC(=O)Cc2ccncc2)cc1. The van der Waals surface area contributed by atoms with Crippen LogP contribution in [0.4, 0.5) is 0 Å². The summed E-state index contributed by atoms with van der Waals surface area (Å²) < 4.78 is 0. The number of rotatable bonds is 5. The molecule has 1 aromatic heterocycles. The third-order valence-corrected chi connectivity index (χ3v) is 2.86. The molecular weight excluding hydrogens is 238 g/mol. The molecule has 0 bridgehead atoms. The molecule has 0 fully saturated rings. The number of nitrogens with two attached hydrogens (primary N) is 1. The lowest BCUT2D eigenvalue weighted by Crippen LogP contribution is -2.24. The first-order chi connectivity index (χ1) is 9.28. The molecule has 0 atom stereocenters. The molecule has 98 valence electrons. The maximum absolute atomic E-state index is 11.8. The number of hydrogen-bond acceptors (Lipinski definition) is 3. The van der Waals surface area contributed by atoms with Crippen LogP contribution < -0.4 is 11.1 Å². The predicted octanol–water partition coefficient (Wildman–Crippen LogP) is 1.40. The van der Waals surface area contributed by atoms with Crippen LogP contribution in [-0.4, -0.2) is 10.9 Å². The summed E-state index contributed by atoms with van der Waals surface area (Å²) in [5, 5.41) is 2.89. The molecule has 0 aliphatic carbocycles. The highest BCUT2D eigenvalue weighted by Gasteiger charge is 2.02. The Bertz CT molecular complexity index is 523. The highest BCUT2D eigenvalue weighted by molar-refractivity contribution is 5.78. The normalized spacial score (nSPS) is 10.2. The number of amides is 1. The lowest BCUT2D eigenvalue weighted by atomic mass is 10.1.